The van der Waals surface area contributed by atoms with Gasteiger partial charge in [0.1, 0.15) is 0 Å². The van der Waals surface area contributed by atoms with Crippen molar-refractivity contribution in [2.75, 3.05) is 13.1 Å². The number of aromatic nitrogens is 3. The Morgan fingerprint density at radius 3 is 2.15 bits per heavy atom. The molecule has 2 aliphatic rings. The predicted octanol–water partition coefficient (Wildman–Crippen LogP) is 4.93. The van der Waals surface area contributed by atoms with E-state index in [0.29, 0.717) is 27.6 Å². The van der Waals surface area contributed by atoms with Crippen LogP contribution < -0.4 is 5.31 Å². The van der Waals surface area contributed by atoms with Gasteiger partial charge in [0.2, 0.25) is 0 Å². The van der Waals surface area contributed by atoms with E-state index in [1.165, 1.54) is 0 Å². The zero-order valence-electron chi connectivity index (χ0n) is 22.7. The second-order valence-electron chi connectivity index (χ2n) is 10.4. The van der Waals surface area contributed by atoms with E-state index in [9.17, 15) is 9.59 Å². The summed E-state index contributed by atoms with van der Waals surface area (Å²) in [7, 11) is 1.93. The van der Waals surface area contributed by atoms with Gasteiger partial charge in [-0.05, 0) is 37.1 Å². The smallest absolute Gasteiger partial charge is 0.259 e. The number of likely N-dealkylation sites (tertiary alicyclic amines) is 1. The van der Waals surface area contributed by atoms with Crippen LogP contribution in [0.15, 0.2) is 85.3 Å². The standard InChI is InChI=1S/C32H29N5O2/c1-35-19-25(23-9-2-4-11-27(23)35)29-30(32(39)34-31(29)38)26-20-37(28-12-5-3-10-24(26)28)22-13-16-36(17-14-22)18-21-8-6-7-15-33-21/h2-12,15,19-20,22H,13-14,16-18H2,1H3,(H,34,38,39)/i/hD. The summed E-state index contributed by atoms with van der Waals surface area (Å²) >= 11 is 0. The Morgan fingerprint density at radius 1 is 0.846 bits per heavy atom. The first-order valence-electron chi connectivity index (χ1n) is 13.8. The van der Waals surface area contributed by atoms with Crippen LogP contribution in [-0.4, -0.2) is 43.9 Å². The van der Waals surface area contributed by atoms with Crippen molar-refractivity contribution in [2.45, 2.75) is 25.4 Å². The number of fused-ring (bicyclic) bond motifs is 2. The molecule has 2 amide bonds. The highest BCUT2D eigenvalue weighted by atomic mass is 16.2. The number of hydrogen-bond acceptors (Lipinski definition) is 4. The Balaban J connectivity index is 1.30. The molecule has 7 rings (SSSR count). The Bertz CT molecular complexity index is 1810. The number of aryl methyl sites for hydroxylation is 1. The van der Waals surface area contributed by atoms with E-state index in [2.05, 4.69) is 26.6 Å². The van der Waals surface area contributed by atoms with Crippen LogP contribution in [-0.2, 0) is 23.2 Å². The summed E-state index contributed by atoms with van der Waals surface area (Å²) in [5.41, 5.74) is 5.07. The maximum atomic E-state index is 13.5. The third-order valence-corrected chi connectivity index (χ3v) is 8.12. The van der Waals surface area contributed by atoms with Crippen molar-refractivity contribution >= 4 is 44.8 Å². The fourth-order valence-electron chi connectivity index (χ4n) is 6.24. The van der Waals surface area contributed by atoms with Crippen molar-refractivity contribution in [1.82, 2.24) is 24.3 Å². The van der Waals surface area contributed by atoms with E-state index < -0.39 is 11.8 Å². The third-order valence-electron chi connectivity index (χ3n) is 8.12. The van der Waals surface area contributed by atoms with Gasteiger partial charge in [0.25, 0.3) is 11.8 Å². The molecule has 0 spiro atoms. The maximum Gasteiger partial charge on any atom is 0.259 e. The lowest BCUT2D eigenvalue weighted by molar-refractivity contribution is -0.122. The quantitative estimate of drug-likeness (QED) is 0.336. The summed E-state index contributed by atoms with van der Waals surface area (Å²) in [5, 5.41) is 2.31. The molecule has 2 aromatic carbocycles. The lowest BCUT2D eigenvalue weighted by atomic mass is 9.95. The second kappa shape index (κ2) is 9.36. The van der Waals surface area contributed by atoms with Crippen LogP contribution in [0.4, 0.5) is 0 Å². The number of para-hydroxylation sites is 2. The lowest BCUT2D eigenvalue weighted by Gasteiger charge is -2.33. The van der Waals surface area contributed by atoms with Crippen LogP contribution in [0.1, 0.15) is 35.7 Å². The molecule has 5 heterocycles. The molecule has 7 nitrogen and oxygen atoms in total. The number of pyridine rings is 1. The van der Waals surface area contributed by atoms with Crippen LogP contribution >= 0.6 is 0 Å². The molecule has 0 saturated carbocycles. The molecule has 0 aliphatic carbocycles. The molecule has 7 heteroatoms. The van der Waals surface area contributed by atoms with Gasteiger partial charge in [0, 0.05) is 84.2 Å². The Hall–Kier alpha value is -4.49. The van der Waals surface area contributed by atoms with Crippen LogP contribution in [0.25, 0.3) is 33.0 Å². The number of amides is 2. The summed E-state index contributed by atoms with van der Waals surface area (Å²) in [6.07, 6.45) is 7.70. The normalized spacial score (nSPS) is 17.7. The number of carbonyl (C=O) groups excluding carboxylic acids is 2. The highest BCUT2D eigenvalue weighted by Crippen LogP contribution is 2.40. The van der Waals surface area contributed by atoms with Gasteiger partial charge in [0.15, 0.2) is 1.41 Å². The van der Waals surface area contributed by atoms with Crippen molar-refractivity contribution in [3.63, 3.8) is 0 Å². The summed E-state index contributed by atoms with van der Waals surface area (Å²) < 4.78 is 12.6. The van der Waals surface area contributed by atoms with Crippen molar-refractivity contribution in [3.8, 4) is 0 Å². The number of imide groups is 1. The molecule has 39 heavy (non-hydrogen) atoms. The summed E-state index contributed by atoms with van der Waals surface area (Å²) in [5.74, 6) is -1.17. The topological polar surface area (TPSA) is 72.2 Å². The van der Waals surface area contributed by atoms with Gasteiger partial charge in [-0.3, -0.25) is 24.8 Å². The average Bonchev–Trinajstić information content (AvgIpc) is 3.60. The second-order valence-corrected chi connectivity index (χ2v) is 10.4. The minimum Gasteiger partial charge on any atom is -0.350 e. The van der Waals surface area contributed by atoms with Gasteiger partial charge in [-0.2, -0.15) is 0 Å². The highest BCUT2D eigenvalue weighted by molar-refractivity contribution is 6.50. The summed E-state index contributed by atoms with van der Waals surface area (Å²) in [6.45, 7) is 2.73. The number of benzene rings is 2. The Kier molecular flexibility index (Phi) is 5.40. The Labute approximate surface area is 227 Å². The monoisotopic (exact) mass is 516 g/mol. The zero-order chi connectivity index (χ0) is 27.4. The van der Waals surface area contributed by atoms with Gasteiger partial charge in [0.05, 0.1) is 16.8 Å². The molecule has 0 radical (unpaired) electrons. The van der Waals surface area contributed by atoms with Gasteiger partial charge in [-0.15, -0.1) is 0 Å². The number of rotatable bonds is 5. The minimum absolute atomic E-state index is 0.263. The molecule has 0 atom stereocenters. The first-order valence-corrected chi connectivity index (χ1v) is 13.4. The Morgan fingerprint density at radius 2 is 1.46 bits per heavy atom. The largest absolute Gasteiger partial charge is 0.350 e. The molecule has 5 aromatic rings. The molecule has 1 N–H and O–H groups in total. The summed E-state index contributed by atoms with van der Waals surface area (Å²) in [6, 6.07) is 22.2. The van der Waals surface area contributed by atoms with Crippen LogP contribution in [0.3, 0.4) is 0 Å². The fourth-order valence-corrected chi connectivity index (χ4v) is 6.24. The SMILES string of the molecule is [2H]N1C(=O)C(c2cn(C)c3ccccc23)=C(c2cn(C3CCN(Cc4ccccn4)CC3)c3ccccc23)C1=O. The highest BCUT2D eigenvalue weighted by Gasteiger charge is 2.36. The third kappa shape index (κ3) is 3.97. The zero-order valence-corrected chi connectivity index (χ0v) is 21.7. The van der Waals surface area contributed by atoms with Crippen molar-refractivity contribution in [3.05, 3.63) is 102 Å². The maximum absolute atomic E-state index is 13.5. The predicted molar refractivity (Wildman–Crippen MR) is 153 cm³/mol. The fraction of sp³-hybridized carbons (Fsp3) is 0.219. The van der Waals surface area contributed by atoms with E-state index in [4.69, 9.17) is 1.41 Å². The van der Waals surface area contributed by atoms with Crippen molar-refractivity contribution in [2.24, 2.45) is 7.05 Å². The molecule has 0 unspecified atom stereocenters. The summed E-state index contributed by atoms with van der Waals surface area (Å²) in [4.78, 5) is 33.8. The lowest BCUT2D eigenvalue weighted by Crippen LogP contribution is -2.34. The van der Waals surface area contributed by atoms with E-state index in [1.807, 2.05) is 84.8 Å². The van der Waals surface area contributed by atoms with Gasteiger partial charge in [-0.25, -0.2) is 0 Å². The molecule has 1 saturated heterocycles. The molecule has 194 valence electrons. The average molecular weight is 517 g/mol. The number of nitrogens with zero attached hydrogens (tertiary/aromatic N) is 4. The molecule has 0 bridgehead atoms. The van der Waals surface area contributed by atoms with E-state index in [1.54, 1.807) is 0 Å². The van der Waals surface area contributed by atoms with Crippen LogP contribution in [0.5, 0.6) is 0 Å². The van der Waals surface area contributed by atoms with E-state index in [0.717, 1.165) is 60.0 Å². The number of nitrogens with one attached hydrogen (secondary N) is 1. The molecule has 1 fully saturated rings. The molecular formula is C32H29N5O2. The van der Waals surface area contributed by atoms with Crippen LogP contribution in [0, 0.1) is 0 Å². The first-order chi connectivity index (χ1) is 19.5. The van der Waals surface area contributed by atoms with E-state index >= 15 is 0 Å². The number of carbonyl (C=O) groups is 2. The molecule has 3 aromatic heterocycles. The van der Waals surface area contributed by atoms with Gasteiger partial charge >= 0.3 is 0 Å². The van der Waals surface area contributed by atoms with Crippen molar-refractivity contribution in [1.29, 1.82) is 0 Å². The molecular weight excluding hydrogens is 486 g/mol. The molecule has 2 aliphatic heterocycles. The van der Waals surface area contributed by atoms with Gasteiger partial charge < -0.3 is 9.13 Å². The minimum atomic E-state index is -0.587. The number of hydrogen-bond donors (Lipinski definition) is 1. The van der Waals surface area contributed by atoms with Crippen molar-refractivity contribution < 1.29 is 11.0 Å². The first kappa shape index (κ1) is 22.5. The van der Waals surface area contributed by atoms with E-state index in [-0.39, 0.29) is 6.04 Å². The number of piperidine rings is 1. The van der Waals surface area contributed by atoms with Gasteiger partial charge in [-0.1, -0.05) is 42.5 Å². The van der Waals surface area contributed by atoms with Crippen LogP contribution in [0.2, 0.25) is 1.41 Å².